The SMILES string of the molecule is CC1CN(CC2(N)CC2)C(C)CO1. The summed E-state index contributed by atoms with van der Waals surface area (Å²) in [7, 11) is 0. The summed E-state index contributed by atoms with van der Waals surface area (Å²) >= 11 is 0. The molecular weight excluding hydrogens is 164 g/mol. The molecule has 2 rings (SSSR count). The van der Waals surface area contributed by atoms with Gasteiger partial charge < -0.3 is 10.5 Å². The van der Waals surface area contributed by atoms with Crippen LogP contribution in [0.4, 0.5) is 0 Å². The monoisotopic (exact) mass is 184 g/mol. The molecule has 1 saturated heterocycles. The van der Waals surface area contributed by atoms with Gasteiger partial charge in [-0.2, -0.15) is 0 Å². The number of hydrogen-bond acceptors (Lipinski definition) is 3. The molecule has 13 heavy (non-hydrogen) atoms. The molecule has 76 valence electrons. The third-order valence-corrected chi connectivity index (χ3v) is 3.15. The molecule has 2 atom stereocenters. The van der Waals surface area contributed by atoms with Crippen molar-refractivity contribution in [3.05, 3.63) is 0 Å². The van der Waals surface area contributed by atoms with Crippen LogP contribution in [0.5, 0.6) is 0 Å². The molecule has 0 amide bonds. The Labute approximate surface area is 80.2 Å². The first kappa shape index (κ1) is 9.44. The number of nitrogens with two attached hydrogens (primary N) is 1. The van der Waals surface area contributed by atoms with Crippen molar-refractivity contribution in [3.63, 3.8) is 0 Å². The summed E-state index contributed by atoms with van der Waals surface area (Å²) in [5.74, 6) is 0. The van der Waals surface area contributed by atoms with Crippen LogP contribution < -0.4 is 5.73 Å². The van der Waals surface area contributed by atoms with E-state index >= 15 is 0 Å². The molecule has 1 heterocycles. The first-order chi connectivity index (χ1) is 6.09. The van der Waals surface area contributed by atoms with E-state index in [1.807, 2.05) is 0 Å². The molecule has 0 spiro atoms. The zero-order valence-corrected chi connectivity index (χ0v) is 8.62. The Morgan fingerprint density at radius 1 is 1.46 bits per heavy atom. The van der Waals surface area contributed by atoms with Crippen LogP contribution in [-0.2, 0) is 4.74 Å². The quantitative estimate of drug-likeness (QED) is 0.682. The van der Waals surface area contributed by atoms with Crippen LogP contribution in [-0.4, -0.2) is 42.3 Å². The summed E-state index contributed by atoms with van der Waals surface area (Å²) in [6.45, 7) is 7.31. The summed E-state index contributed by atoms with van der Waals surface area (Å²) in [6.07, 6.45) is 2.77. The Morgan fingerprint density at radius 3 is 2.77 bits per heavy atom. The Bertz CT molecular complexity index is 191. The zero-order valence-electron chi connectivity index (χ0n) is 8.62. The average Bonchev–Trinajstić information content (AvgIpc) is 2.76. The van der Waals surface area contributed by atoms with Gasteiger partial charge in [0.15, 0.2) is 0 Å². The van der Waals surface area contributed by atoms with Crippen molar-refractivity contribution in [3.8, 4) is 0 Å². The van der Waals surface area contributed by atoms with Gasteiger partial charge >= 0.3 is 0 Å². The number of morpholine rings is 1. The van der Waals surface area contributed by atoms with E-state index in [0.29, 0.717) is 12.1 Å². The van der Waals surface area contributed by atoms with Gasteiger partial charge in [-0.1, -0.05) is 0 Å². The van der Waals surface area contributed by atoms with Gasteiger partial charge in [-0.15, -0.1) is 0 Å². The topological polar surface area (TPSA) is 38.5 Å². The molecule has 0 aromatic carbocycles. The zero-order chi connectivity index (χ0) is 9.47. The Morgan fingerprint density at radius 2 is 2.15 bits per heavy atom. The molecule has 0 aromatic heterocycles. The Balaban J connectivity index is 1.88. The highest BCUT2D eigenvalue weighted by atomic mass is 16.5. The van der Waals surface area contributed by atoms with E-state index in [-0.39, 0.29) is 5.54 Å². The summed E-state index contributed by atoms with van der Waals surface area (Å²) in [4.78, 5) is 2.47. The number of ether oxygens (including phenoxy) is 1. The minimum atomic E-state index is 0.144. The van der Waals surface area contributed by atoms with Gasteiger partial charge in [-0.3, -0.25) is 4.90 Å². The van der Waals surface area contributed by atoms with Crippen LogP contribution in [0.1, 0.15) is 26.7 Å². The van der Waals surface area contributed by atoms with Gasteiger partial charge in [0.1, 0.15) is 0 Å². The van der Waals surface area contributed by atoms with Gasteiger partial charge in [0.2, 0.25) is 0 Å². The fourth-order valence-electron chi connectivity index (χ4n) is 1.92. The molecule has 1 saturated carbocycles. The van der Waals surface area contributed by atoms with Crippen LogP contribution in [0.15, 0.2) is 0 Å². The molecular formula is C10H20N2O. The summed E-state index contributed by atoms with van der Waals surface area (Å²) < 4.78 is 5.57. The maximum Gasteiger partial charge on any atom is 0.0674 e. The lowest BCUT2D eigenvalue weighted by atomic mass is 10.1. The van der Waals surface area contributed by atoms with Crippen LogP contribution in [0.3, 0.4) is 0 Å². The van der Waals surface area contributed by atoms with Crippen molar-refractivity contribution in [2.24, 2.45) is 5.73 Å². The first-order valence-electron chi connectivity index (χ1n) is 5.24. The van der Waals surface area contributed by atoms with Gasteiger partial charge in [0.25, 0.3) is 0 Å². The molecule has 2 aliphatic rings. The van der Waals surface area contributed by atoms with Gasteiger partial charge in [0.05, 0.1) is 12.7 Å². The van der Waals surface area contributed by atoms with E-state index in [9.17, 15) is 0 Å². The molecule has 0 radical (unpaired) electrons. The minimum Gasteiger partial charge on any atom is -0.376 e. The second-order valence-corrected chi connectivity index (χ2v) is 4.78. The van der Waals surface area contributed by atoms with Gasteiger partial charge in [-0.05, 0) is 26.7 Å². The van der Waals surface area contributed by atoms with Crippen molar-refractivity contribution < 1.29 is 4.74 Å². The lowest BCUT2D eigenvalue weighted by Gasteiger charge is -2.38. The predicted octanol–water partition coefficient (Wildman–Crippen LogP) is 0.587. The lowest BCUT2D eigenvalue weighted by molar-refractivity contribution is -0.0518. The highest BCUT2D eigenvalue weighted by Gasteiger charge is 2.41. The third-order valence-electron chi connectivity index (χ3n) is 3.15. The molecule has 3 heteroatoms. The molecule has 2 fully saturated rings. The van der Waals surface area contributed by atoms with E-state index in [4.69, 9.17) is 10.5 Å². The Kier molecular flexibility index (Phi) is 2.34. The van der Waals surface area contributed by atoms with E-state index in [2.05, 4.69) is 18.7 Å². The van der Waals surface area contributed by atoms with Crippen molar-refractivity contribution in [2.75, 3.05) is 19.7 Å². The minimum absolute atomic E-state index is 0.144. The smallest absolute Gasteiger partial charge is 0.0674 e. The summed E-state index contributed by atoms with van der Waals surface area (Å²) in [6, 6.07) is 0.539. The average molecular weight is 184 g/mol. The lowest BCUT2D eigenvalue weighted by Crippen LogP contribution is -2.52. The van der Waals surface area contributed by atoms with Gasteiger partial charge in [0, 0.05) is 24.7 Å². The molecule has 2 N–H and O–H groups in total. The van der Waals surface area contributed by atoms with Crippen LogP contribution in [0, 0.1) is 0 Å². The standard InChI is InChI=1S/C10H20N2O/c1-8-6-13-9(2)5-12(8)7-10(11)3-4-10/h8-9H,3-7,11H2,1-2H3. The van der Waals surface area contributed by atoms with Crippen molar-refractivity contribution >= 4 is 0 Å². The maximum absolute atomic E-state index is 6.10. The maximum atomic E-state index is 6.10. The molecule has 3 nitrogen and oxygen atoms in total. The largest absolute Gasteiger partial charge is 0.376 e. The molecule has 1 aliphatic heterocycles. The fourth-order valence-corrected chi connectivity index (χ4v) is 1.92. The fraction of sp³-hybridized carbons (Fsp3) is 1.00. The van der Waals surface area contributed by atoms with Crippen LogP contribution in [0.25, 0.3) is 0 Å². The normalized spacial score (nSPS) is 39.0. The van der Waals surface area contributed by atoms with Crippen molar-refractivity contribution in [1.29, 1.82) is 0 Å². The Hall–Kier alpha value is -0.120. The molecule has 2 unspecified atom stereocenters. The van der Waals surface area contributed by atoms with Crippen LogP contribution >= 0.6 is 0 Å². The second kappa shape index (κ2) is 3.23. The highest BCUT2D eigenvalue weighted by molar-refractivity contribution is 5.02. The van der Waals surface area contributed by atoms with Crippen molar-refractivity contribution in [1.82, 2.24) is 4.90 Å². The number of rotatable bonds is 2. The van der Waals surface area contributed by atoms with E-state index in [1.165, 1.54) is 12.8 Å². The first-order valence-corrected chi connectivity index (χ1v) is 5.24. The summed E-state index contributed by atoms with van der Waals surface area (Å²) in [5, 5.41) is 0. The third kappa shape index (κ3) is 2.22. The van der Waals surface area contributed by atoms with Crippen molar-refractivity contribution in [2.45, 2.75) is 44.4 Å². The van der Waals surface area contributed by atoms with E-state index in [0.717, 1.165) is 19.7 Å². The molecule has 0 bridgehead atoms. The van der Waals surface area contributed by atoms with Crippen LogP contribution in [0.2, 0.25) is 0 Å². The van der Waals surface area contributed by atoms with Gasteiger partial charge in [-0.25, -0.2) is 0 Å². The second-order valence-electron chi connectivity index (χ2n) is 4.78. The summed E-state index contributed by atoms with van der Waals surface area (Å²) in [5.41, 5.74) is 6.25. The predicted molar refractivity (Wildman–Crippen MR) is 52.6 cm³/mol. The molecule has 1 aliphatic carbocycles. The van der Waals surface area contributed by atoms with E-state index in [1.54, 1.807) is 0 Å². The number of nitrogens with zero attached hydrogens (tertiary/aromatic N) is 1. The number of hydrogen-bond donors (Lipinski definition) is 1. The highest BCUT2D eigenvalue weighted by Crippen LogP contribution is 2.33. The van der Waals surface area contributed by atoms with E-state index < -0.39 is 0 Å². The molecule has 0 aromatic rings.